The molecule has 2 rings (SSSR count). The summed E-state index contributed by atoms with van der Waals surface area (Å²) in [6.07, 6.45) is -1.58. The van der Waals surface area contributed by atoms with Gasteiger partial charge in [-0.05, 0) is 18.1 Å². The summed E-state index contributed by atoms with van der Waals surface area (Å²) in [5.41, 5.74) is 2.02. The number of aliphatic hydroxyl groups is 2. The van der Waals surface area contributed by atoms with E-state index >= 15 is 0 Å². The van der Waals surface area contributed by atoms with Crippen molar-refractivity contribution in [3.8, 4) is 0 Å². The van der Waals surface area contributed by atoms with Gasteiger partial charge in [-0.2, -0.15) is 0 Å². The van der Waals surface area contributed by atoms with Crippen molar-refractivity contribution in [3.63, 3.8) is 0 Å². The van der Waals surface area contributed by atoms with E-state index in [9.17, 15) is 10.2 Å². The molecule has 0 heterocycles. The van der Waals surface area contributed by atoms with Gasteiger partial charge in [-0.1, -0.05) is 60.7 Å². The molecule has 0 aliphatic heterocycles. The predicted octanol–water partition coefficient (Wildman–Crippen LogP) is 2.56. The first-order valence-electron chi connectivity index (χ1n) is 6.16. The maximum absolute atomic E-state index is 10.2. The topological polar surface area (TPSA) is 40.5 Å². The van der Waals surface area contributed by atoms with Crippen LogP contribution in [0.15, 0.2) is 60.7 Å². The Balaban J connectivity index is 2.42. The van der Waals surface area contributed by atoms with E-state index in [4.69, 9.17) is 0 Å². The van der Waals surface area contributed by atoms with Crippen molar-refractivity contribution in [1.82, 2.24) is 0 Å². The van der Waals surface area contributed by atoms with Crippen LogP contribution in [0, 0.1) is 0 Å². The van der Waals surface area contributed by atoms with Crippen LogP contribution in [0.5, 0.6) is 0 Å². The summed E-state index contributed by atoms with van der Waals surface area (Å²) in [6.45, 7) is 1.61. The van der Waals surface area contributed by atoms with Crippen molar-refractivity contribution >= 4 is 0 Å². The van der Waals surface area contributed by atoms with Crippen LogP contribution in [0.2, 0.25) is 0 Å². The Kier molecular flexibility index (Phi) is 4.13. The highest BCUT2D eigenvalue weighted by molar-refractivity contribution is 5.34. The highest BCUT2D eigenvalue weighted by Crippen LogP contribution is 2.29. The summed E-state index contributed by atoms with van der Waals surface area (Å²) in [5.74, 6) is -0.201. The number of rotatable bonds is 4. The molecule has 2 heteroatoms. The Morgan fingerprint density at radius 1 is 0.722 bits per heavy atom. The second-order valence-corrected chi connectivity index (χ2v) is 4.53. The van der Waals surface area contributed by atoms with E-state index in [-0.39, 0.29) is 5.92 Å². The molecular weight excluding hydrogens is 224 g/mol. The van der Waals surface area contributed by atoms with Crippen LogP contribution < -0.4 is 0 Å². The average molecular weight is 242 g/mol. The van der Waals surface area contributed by atoms with Gasteiger partial charge < -0.3 is 10.2 Å². The van der Waals surface area contributed by atoms with Gasteiger partial charge in [0.25, 0.3) is 0 Å². The van der Waals surface area contributed by atoms with Crippen LogP contribution in [0.25, 0.3) is 0 Å². The Labute approximate surface area is 108 Å². The third-order valence-electron chi connectivity index (χ3n) is 3.15. The van der Waals surface area contributed by atoms with Crippen LogP contribution in [0.1, 0.15) is 24.0 Å². The lowest BCUT2D eigenvalue weighted by Gasteiger charge is -2.26. The van der Waals surface area contributed by atoms with Gasteiger partial charge in [0, 0.05) is 5.92 Å². The molecule has 2 N–H and O–H groups in total. The van der Waals surface area contributed by atoms with Crippen molar-refractivity contribution in [1.29, 1.82) is 0 Å². The SMILES string of the molecule is C[C@@H](O)[C@@H](O)C(c1ccccc1)c1ccccc1. The first-order valence-corrected chi connectivity index (χ1v) is 6.16. The van der Waals surface area contributed by atoms with Gasteiger partial charge in [-0.3, -0.25) is 0 Å². The summed E-state index contributed by atoms with van der Waals surface area (Å²) in [4.78, 5) is 0. The Hall–Kier alpha value is -1.64. The molecule has 0 saturated carbocycles. The molecule has 2 aromatic rings. The van der Waals surface area contributed by atoms with Gasteiger partial charge in [-0.15, -0.1) is 0 Å². The van der Waals surface area contributed by atoms with Crippen molar-refractivity contribution in [2.24, 2.45) is 0 Å². The molecule has 0 radical (unpaired) electrons. The second kappa shape index (κ2) is 5.80. The standard InChI is InChI=1S/C16H18O2/c1-12(17)16(18)15(13-8-4-2-5-9-13)14-10-6-3-7-11-14/h2-12,15-18H,1H3/t12-,16-/m1/s1. The summed E-state index contributed by atoms with van der Waals surface area (Å²) < 4.78 is 0. The number of benzene rings is 2. The normalized spacial score (nSPS) is 14.4. The lowest BCUT2D eigenvalue weighted by molar-refractivity contribution is 0.0213. The van der Waals surface area contributed by atoms with E-state index in [1.165, 1.54) is 0 Å². The van der Waals surface area contributed by atoms with Crippen LogP contribution in [0.4, 0.5) is 0 Å². The van der Waals surface area contributed by atoms with Gasteiger partial charge in [0.1, 0.15) is 0 Å². The molecule has 0 bridgehead atoms. The lowest BCUT2D eigenvalue weighted by atomic mass is 9.85. The van der Waals surface area contributed by atoms with Gasteiger partial charge in [0.05, 0.1) is 12.2 Å². The second-order valence-electron chi connectivity index (χ2n) is 4.53. The fraction of sp³-hybridized carbons (Fsp3) is 0.250. The van der Waals surface area contributed by atoms with E-state index in [2.05, 4.69) is 0 Å². The van der Waals surface area contributed by atoms with Crippen molar-refractivity contribution in [3.05, 3.63) is 71.8 Å². The fourth-order valence-electron chi connectivity index (χ4n) is 2.19. The Bertz CT molecular complexity index is 425. The van der Waals surface area contributed by atoms with E-state index in [1.807, 2.05) is 60.7 Å². The first-order chi connectivity index (χ1) is 8.70. The maximum Gasteiger partial charge on any atom is 0.0905 e. The highest BCUT2D eigenvalue weighted by atomic mass is 16.3. The van der Waals surface area contributed by atoms with E-state index in [1.54, 1.807) is 6.92 Å². The zero-order chi connectivity index (χ0) is 13.0. The van der Waals surface area contributed by atoms with Crippen LogP contribution in [0.3, 0.4) is 0 Å². The zero-order valence-electron chi connectivity index (χ0n) is 10.4. The number of aliphatic hydroxyl groups excluding tert-OH is 2. The first kappa shape index (κ1) is 12.8. The molecule has 0 aliphatic carbocycles. The molecule has 18 heavy (non-hydrogen) atoms. The molecule has 0 spiro atoms. The smallest absolute Gasteiger partial charge is 0.0905 e. The number of hydrogen-bond acceptors (Lipinski definition) is 2. The predicted molar refractivity (Wildman–Crippen MR) is 72.4 cm³/mol. The molecular formula is C16H18O2. The van der Waals surface area contributed by atoms with Gasteiger partial charge in [0.2, 0.25) is 0 Å². The molecule has 0 aromatic heterocycles. The molecule has 0 unspecified atom stereocenters. The summed E-state index contributed by atoms with van der Waals surface area (Å²) >= 11 is 0. The van der Waals surface area contributed by atoms with E-state index < -0.39 is 12.2 Å². The quantitative estimate of drug-likeness (QED) is 0.865. The molecule has 2 nitrogen and oxygen atoms in total. The van der Waals surface area contributed by atoms with Gasteiger partial charge >= 0.3 is 0 Å². The average Bonchev–Trinajstić information content (AvgIpc) is 2.41. The lowest BCUT2D eigenvalue weighted by Crippen LogP contribution is -2.30. The minimum absolute atomic E-state index is 0.201. The minimum atomic E-state index is -0.810. The molecule has 94 valence electrons. The number of hydrogen-bond donors (Lipinski definition) is 2. The molecule has 0 saturated heterocycles. The summed E-state index contributed by atoms with van der Waals surface area (Å²) in [5, 5.41) is 19.9. The highest BCUT2D eigenvalue weighted by Gasteiger charge is 2.26. The molecule has 2 aromatic carbocycles. The summed E-state index contributed by atoms with van der Waals surface area (Å²) in [6, 6.07) is 19.6. The molecule has 0 fully saturated rings. The minimum Gasteiger partial charge on any atom is -0.391 e. The largest absolute Gasteiger partial charge is 0.391 e. The van der Waals surface area contributed by atoms with Crippen LogP contribution >= 0.6 is 0 Å². The van der Waals surface area contributed by atoms with Gasteiger partial charge in [-0.25, -0.2) is 0 Å². The van der Waals surface area contributed by atoms with E-state index in [0.717, 1.165) is 11.1 Å². The monoisotopic (exact) mass is 242 g/mol. The summed E-state index contributed by atoms with van der Waals surface area (Å²) in [7, 11) is 0. The van der Waals surface area contributed by atoms with Crippen molar-refractivity contribution in [2.45, 2.75) is 25.0 Å². The maximum atomic E-state index is 10.2. The van der Waals surface area contributed by atoms with Crippen LogP contribution in [-0.4, -0.2) is 22.4 Å². The fourth-order valence-corrected chi connectivity index (χ4v) is 2.19. The van der Waals surface area contributed by atoms with E-state index in [0.29, 0.717) is 0 Å². The van der Waals surface area contributed by atoms with Crippen molar-refractivity contribution in [2.75, 3.05) is 0 Å². The Morgan fingerprint density at radius 3 is 1.44 bits per heavy atom. The third kappa shape index (κ3) is 2.78. The third-order valence-corrected chi connectivity index (χ3v) is 3.15. The molecule has 2 atom stereocenters. The zero-order valence-corrected chi connectivity index (χ0v) is 10.4. The van der Waals surface area contributed by atoms with Gasteiger partial charge in [0.15, 0.2) is 0 Å². The van der Waals surface area contributed by atoms with Crippen molar-refractivity contribution < 1.29 is 10.2 Å². The molecule has 0 amide bonds. The van der Waals surface area contributed by atoms with Crippen LogP contribution in [-0.2, 0) is 0 Å². The molecule has 0 aliphatic rings. The Morgan fingerprint density at radius 2 is 1.11 bits per heavy atom.